The molecule has 2 aromatic rings. The van der Waals surface area contributed by atoms with E-state index >= 15 is 0 Å². The summed E-state index contributed by atoms with van der Waals surface area (Å²) >= 11 is 3.24. The van der Waals surface area contributed by atoms with Crippen LogP contribution in [0.25, 0.3) is 0 Å². The summed E-state index contributed by atoms with van der Waals surface area (Å²) in [7, 11) is 0. The SMILES string of the molecule is O=C(CC1CC(=O)NC(SCc2ccccc2)N1)NCc1cccs1. The molecule has 25 heavy (non-hydrogen) atoms. The van der Waals surface area contributed by atoms with E-state index in [0.29, 0.717) is 19.4 Å². The van der Waals surface area contributed by atoms with Gasteiger partial charge in [0, 0.05) is 29.5 Å². The highest BCUT2D eigenvalue weighted by Crippen LogP contribution is 2.18. The van der Waals surface area contributed by atoms with Crippen LogP contribution in [0.4, 0.5) is 0 Å². The number of benzene rings is 1. The third kappa shape index (κ3) is 5.88. The Morgan fingerprint density at radius 1 is 1.24 bits per heavy atom. The first-order valence-electron chi connectivity index (χ1n) is 8.19. The van der Waals surface area contributed by atoms with Crippen LogP contribution in [0.15, 0.2) is 47.8 Å². The first-order chi connectivity index (χ1) is 12.2. The Hall–Kier alpha value is -1.83. The highest BCUT2D eigenvalue weighted by atomic mass is 32.2. The molecule has 1 fully saturated rings. The molecule has 0 spiro atoms. The van der Waals surface area contributed by atoms with Gasteiger partial charge in [0.25, 0.3) is 0 Å². The maximum absolute atomic E-state index is 12.1. The molecule has 1 aliphatic rings. The van der Waals surface area contributed by atoms with Crippen LogP contribution in [0, 0.1) is 0 Å². The molecule has 0 aliphatic carbocycles. The van der Waals surface area contributed by atoms with E-state index in [-0.39, 0.29) is 23.4 Å². The van der Waals surface area contributed by atoms with Crippen LogP contribution in [-0.2, 0) is 21.9 Å². The summed E-state index contributed by atoms with van der Waals surface area (Å²) in [5.41, 5.74) is 1.04. The van der Waals surface area contributed by atoms with Crippen molar-refractivity contribution in [1.29, 1.82) is 0 Å². The van der Waals surface area contributed by atoms with Crippen molar-refractivity contribution in [2.24, 2.45) is 0 Å². The molecule has 3 rings (SSSR count). The number of thioether (sulfide) groups is 1. The fourth-order valence-electron chi connectivity index (χ4n) is 2.61. The van der Waals surface area contributed by atoms with Crippen molar-refractivity contribution in [2.45, 2.75) is 36.7 Å². The van der Waals surface area contributed by atoms with E-state index < -0.39 is 0 Å². The van der Waals surface area contributed by atoms with Gasteiger partial charge in [-0.1, -0.05) is 36.4 Å². The average Bonchev–Trinajstić information content (AvgIpc) is 3.12. The van der Waals surface area contributed by atoms with Crippen molar-refractivity contribution < 1.29 is 9.59 Å². The van der Waals surface area contributed by atoms with E-state index in [9.17, 15) is 9.59 Å². The average molecular weight is 376 g/mol. The molecule has 1 aromatic heterocycles. The molecule has 2 amide bonds. The molecule has 1 aliphatic heterocycles. The molecule has 1 aromatic carbocycles. The molecule has 2 heterocycles. The highest BCUT2D eigenvalue weighted by Gasteiger charge is 2.27. The maximum atomic E-state index is 12.1. The summed E-state index contributed by atoms with van der Waals surface area (Å²) in [6, 6.07) is 13.9. The highest BCUT2D eigenvalue weighted by molar-refractivity contribution is 7.99. The second-order valence-electron chi connectivity index (χ2n) is 5.87. The standard InChI is InChI=1S/C18H21N3O2S2/c22-16(19-11-15-7-4-8-24-15)9-14-10-17(23)21-18(20-14)25-12-13-5-2-1-3-6-13/h1-8,14,18,20H,9-12H2,(H,19,22)(H,21,23). The van der Waals surface area contributed by atoms with Gasteiger partial charge in [-0.15, -0.1) is 23.1 Å². The Labute approximate surface area is 155 Å². The van der Waals surface area contributed by atoms with Crippen LogP contribution in [0.1, 0.15) is 23.3 Å². The fourth-order valence-corrected chi connectivity index (χ4v) is 4.31. The zero-order chi connectivity index (χ0) is 17.5. The zero-order valence-corrected chi connectivity index (χ0v) is 15.4. The van der Waals surface area contributed by atoms with Crippen molar-refractivity contribution in [2.75, 3.05) is 0 Å². The van der Waals surface area contributed by atoms with Gasteiger partial charge >= 0.3 is 0 Å². The van der Waals surface area contributed by atoms with Gasteiger partial charge in [-0.2, -0.15) is 0 Å². The molecular weight excluding hydrogens is 354 g/mol. The molecule has 0 bridgehead atoms. The minimum absolute atomic E-state index is 0.0135. The first kappa shape index (κ1) is 18.0. The van der Waals surface area contributed by atoms with Crippen LogP contribution >= 0.6 is 23.1 Å². The van der Waals surface area contributed by atoms with Crippen molar-refractivity contribution in [3.8, 4) is 0 Å². The molecule has 3 N–H and O–H groups in total. The van der Waals surface area contributed by atoms with Crippen molar-refractivity contribution >= 4 is 34.9 Å². The quantitative estimate of drug-likeness (QED) is 0.695. The predicted octanol–water partition coefficient (Wildman–Crippen LogP) is 2.45. The van der Waals surface area contributed by atoms with Gasteiger partial charge in [0.2, 0.25) is 11.8 Å². The summed E-state index contributed by atoms with van der Waals surface area (Å²) in [5, 5.41) is 11.2. The zero-order valence-electron chi connectivity index (χ0n) is 13.7. The Balaban J connectivity index is 1.45. The normalized spacial score (nSPS) is 20.1. The Kier molecular flexibility index (Phi) is 6.49. The van der Waals surface area contributed by atoms with E-state index in [1.54, 1.807) is 23.1 Å². The lowest BCUT2D eigenvalue weighted by atomic mass is 10.1. The number of carbonyl (C=O) groups excluding carboxylic acids is 2. The van der Waals surface area contributed by atoms with Crippen molar-refractivity contribution in [3.63, 3.8) is 0 Å². The maximum Gasteiger partial charge on any atom is 0.223 e. The van der Waals surface area contributed by atoms with Crippen LogP contribution in [0.5, 0.6) is 0 Å². The number of hydrogen-bond acceptors (Lipinski definition) is 5. The van der Waals surface area contributed by atoms with Crippen molar-refractivity contribution in [3.05, 3.63) is 58.3 Å². The molecule has 2 unspecified atom stereocenters. The van der Waals surface area contributed by atoms with Crippen LogP contribution in [0.2, 0.25) is 0 Å². The van der Waals surface area contributed by atoms with Gasteiger partial charge in [-0.05, 0) is 17.0 Å². The lowest BCUT2D eigenvalue weighted by molar-refractivity contribution is -0.125. The second kappa shape index (κ2) is 9.03. The molecule has 132 valence electrons. The largest absolute Gasteiger partial charge is 0.351 e. The number of carbonyl (C=O) groups is 2. The summed E-state index contributed by atoms with van der Waals surface area (Å²) in [6.07, 6.45) is 0.635. The summed E-state index contributed by atoms with van der Waals surface area (Å²) in [5.74, 6) is 0.753. The van der Waals surface area contributed by atoms with Gasteiger partial charge in [0.1, 0.15) is 5.50 Å². The van der Waals surface area contributed by atoms with Crippen LogP contribution < -0.4 is 16.0 Å². The number of amides is 2. The molecule has 7 heteroatoms. The van der Waals surface area contributed by atoms with Gasteiger partial charge in [-0.25, -0.2) is 0 Å². The lowest BCUT2D eigenvalue weighted by Gasteiger charge is -2.31. The fraction of sp³-hybridized carbons (Fsp3) is 0.333. The van der Waals surface area contributed by atoms with Crippen LogP contribution in [0.3, 0.4) is 0 Å². The summed E-state index contributed by atoms with van der Waals surface area (Å²) in [6.45, 7) is 0.543. The minimum Gasteiger partial charge on any atom is -0.351 e. The van der Waals surface area contributed by atoms with Crippen molar-refractivity contribution in [1.82, 2.24) is 16.0 Å². The Morgan fingerprint density at radius 2 is 2.08 bits per heavy atom. The molecule has 1 saturated heterocycles. The minimum atomic E-state index is -0.170. The molecule has 2 atom stereocenters. The smallest absolute Gasteiger partial charge is 0.223 e. The Morgan fingerprint density at radius 3 is 2.84 bits per heavy atom. The van der Waals surface area contributed by atoms with E-state index in [1.807, 2.05) is 35.7 Å². The third-order valence-electron chi connectivity index (χ3n) is 3.84. The van der Waals surface area contributed by atoms with E-state index in [1.165, 1.54) is 5.56 Å². The van der Waals surface area contributed by atoms with E-state index in [0.717, 1.165) is 10.6 Å². The molecule has 0 radical (unpaired) electrons. The summed E-state index contributed by atoms with van der Waals surface area (Å²) in [4.78, 5) is 25.2. The third-order valence-corrected chi connectivity index (χ3v) is 5.81. The number of nitrogens with one attached hydrogen (secondary N) is 3. The molecule has 5 nitrogen and oxygen atoms in total. The number of rotatable bonds is 7. The predicted molar refractivity (Wildman–Crippen MR) is 102 cm³/mol. The van der Waals surface area contributed by atoms with E-state index in [4.69, 9.17) is 0 Å². The molecular formula is C18H21N3O2S2. The van der Waals surface area contributed by atoms with Gasteiger partial charge < -0.3 is 10.6 Å². The van der Waals surface area contributed by atoms with Crippen LogP contribution in [-0.4, -0.2) is 23.4 Å². The Bertz CT molecular complexity index is 692. The van der Waals surface area contributed by atoms with Gasteiger partial charge in [0.05, 0.1) is 6.54 Å². The van der Waals surface area contributed by atoms with Gasteiger partial charge in [-0.3, -0.25) is 14.9 Å². The lowest BCUT2D eigenvalue weighted by Crippen LogP contribution is -2.55. The first-order valence-corrected chi connectivity index (χ1v) is 10.1. The second-order valence-corrected chi connectivity index (χ2v) is 8.00. The van der Waals surface area contributed by atoms with E-state index in [2.05, 4.69) is 28.1 Å². The van der Waals surface area contributed by atoms with Gasteiger partial charge in [0.15, 0.2) is 0 Å². The number of hydrogen-bond donors (Lipinski definition) is 3. The monoisotopic (exact) mass is 375 g/mol. The summed E-state index contributed by atoms with van der Waals surface area (Å²) < 4.78 is 0. The topological polar surface area (TPSA) is 70.2 Å². The number of thiophene rings is 1. The molecule has 0 saturated carbocycles.